The molecule has 0 aliphatic carbocycles. The first-order valence-corrected chi connectivity index (χ1v) is 13.0. The minimum atomic E-state index is -0.537. The maximum Gasteiger partial charge on any atom is 0.416 e. The number of fused-ring (bicyclic) bond motifs is 5. The number of carbonyl (C=O) groups excluding carboxylic acids is 1. The zero-order chi connectivity index (χ0) is 26.0. The van der Waals surface area contributed by atoms with E-state index in [2.05, 4.69) is 20.0 Å². The van der Waals surface area contributed by atoms with Crippen LogP contribution in [0.4, 0.5) is 20.7 Å². The van der Waals surface area contributed by atoms with Crippen LogP contribution in [0, 0.1) is 11.2 Å². The van der Waals surface area contributed by atoms with Crippen molar-refractivity contribution in [1.29, 1.82) is 0 Å². The van der Waals surface area contributed by atoms with Gasteiger partial charge in [0.1, 0.15) is 13.3 Å². The third kappa shape index (κ3) is 3.46. The number of morpholine rings is 1. The molecule has 0 bridgehead atoms. The molecule has 1 amide bonds. The molecule has 38 heavy (non-hydrogen) atoms. The van der Waals surface area contributed by atoms with E-state index >= 15 is 4.39 Å². The zero-order valence-electron chi connectivity index (χ0n) is 21.2. The van der Waals surface area contributed by atoms with Crippen LogP contribution in [0.2, 0.25) is 0 Å². The molecule has 4 aliphatic rings. The molecular weight excluding hydrogens is 489 g/mol. The van der Waals surface area contributed by atoms with Gasteiger partial charge in [-0.1, -0.05) is 35.5 Å². The third-order valence-corrected chi connectivity index (χ3v) is 8.08. The minimum absolute atomic E-state index is 0.0318. The number of aromatic nitrogens is 1. The van der Waals surface area contributed by atoms with E-state index in [1.807, 2.05) is 62.7 Å². The smallest absolute Gasteiger partial charge is 0.416 e. The Morgan fingerprint density at radius 2 is 1.95 bits per heavy atom. The highest BCUT2D eigenvalue weighted by molar-refractivity contribution is 6.02. The Hall–Kier alpha value is -3.79. The highest BCUT2D eigenvalue weighted by Gasteiger charge is 2.52. The summed E-state index contributed by atoms with van der Waals surface area (Å²) in [6.07, 6.45) is 4.20. The second-order valence-corrected chi connectivity index (χ2v) is 10.7. The van der Waals surface area contributed by atoms with E-state index in [9.17, 15) is 4.79 Å². The van der Waals surface area contributed by atoms with Crippen LogP contribution < -0.4 is 9.80 Å². The molecule has 5 heterocycles. The number of nitrogens with zero attached hydrogens (tertiary/aromatic N) is 5. The average Bonchev–Trinajstić information content (AvgIpc) is 3.47. The number of aliphatic imine (C=N–C) groups is 2. The number of hydrogen-bond donors (Lipinski definition) is 0. The molecule has 4 aliphatic heterocycles. The van der Waals surface area contributed by atoms with Gasteiger partial charge in [0.15, 0.2) is 11.6 Å². The Morgan fingerprint density at radius 3 is 2.74 bits per heavy atom. The molecule has 9 nitrogen and oxygen atoms in total. The summed E-state index contributed by atoms with van der Waals surface area (Å²) < 4.78 is 33.5. The first-order valence-electron chi connectivity index (χ1n) is 13.0. The molecule has 1 spiro atoms. The first kappa shape index (κ1) is 23.3. The van der Waals surface area contributed by atoms with Crippen LogP contribution in [-0.2, 0) is 22.3 Å². The number of ether oxygens (including phenoxy) is 2. The molecule has 7 rings (SSSR count). The highest BCUT2D eigenvalue weighted by atomic mass is 19.1. The Labute approximate surface area is 218 Å². The van der Waals surface area contributed by atoms with Crippen LogP contribution in [0.15, 0.2) is 50.9 Å². The van der Waals surface area contributed by atoms with E-state index in [-0.39, 0.29) is 42.3 Å². The molecule has 196 valence electrons. The monoisotopic (exact) mass is 517 g/mol. The van der Waals surface area contributed by atoms with Crippen LogP contribution in [-0.4, -0.2) is 67.8 Å². The molecule has 2 aromatic carbocycles. The molecule has 1 aromatic heterocycles. The average molecular weight is 518 g/mol. The number of benzene rings is 2. The largest absolute Gasteiger partial charge is 0.447 e. The van der Waals surface area contributed by atoms with E-state index in [0.717, 1.165) is 11.1 Å². The van der Waals surface area contributed by atoms with Gasteiger partial charge in [0, 0.05) is 19.0 Å². The normalized spacial score (nSPS) is 27.6. The molecule has 10 heteroatoms. The van der Waals surface area contributed by atoms with Gasteiger partial charge in [0.25, 0.3) is 0 Å². The SMILES string of the molecule is C[C@@H]1CN2c3c(cc4c(N5C(=O)OC[C@@H]5Cc5ccccc5)noc4c3F)CC3(C=NCN=C3)[C@H]2[C@H](C)O1. The van der Waals surface area contributed by atoms with Crippen LogP contribution in [0.5, 0.6) is 0 Å². The van der Waals surface area contributed by atoms with Gasteiger partial charge >= 0.3 is 6.09 Å². The van der Waals surface area contributed by atoms with Crippen molar-refractivity contribution in [2.75, 3.05) is 29.6 Å². The van der Waals surface area contributed by atoms with E-state index in [1.165, 1.54) is 4.90 Å². The number of amides is 1. The summed E-state index contributed by atoms with van der Waals surface area (Å²) in [6, 6.07) is 11.3. The molecule has 2 saturated heterocycles. The zero-order valence-corrected chi connectivity index (χ0v) is 21.2. The van der Waals surface area contributed by atoms with E-state index in [4.69, 9.17) is 14.0 Å². The maximum atomic E-state index is 16.4. The molecule has 0 radical (unpaired) electrons. The van der Waals surface area contributed by atoms with Gasteiger partial charge in [-0.15, -0.1) is 0 Å². The standard InChI is InChI=1S/C28H28FN5O4/c1-16-11-33-23-19(10-28(13-30-15-31-14-28)25(33)17(2)37-16)9-21-24(22(23)29)38-32-26(21)34-20(12-36-27(34)35)8-18-6-4-3-5-7-18/h3-7,9,13-14,16-17,20,25H,8,10-12,15H2,1-2H3/t16-,17+,20+,25-/m1/s1. The fraction of sp³-hybridized carbons (Fsp3) is 0.429. The molecule has 4 atom stereocenters. The van der Waals surface area contributed by atoms with Crippen molar-refractivity contribution in [3.63, 3.8) is 0 Å². The lowest BCUT2D eigenvalue weighted by atomic mass is 9.69. The number of anilines is 2. The number of carbonyl (C=O) groups is 1. The van der Waals surface area contributed by atoms with Crippen molar-refractivity contribution in [3.05, 3.63) is 53.3 Å². The summed E-state index contributed by atoms with van der Waals surface area (Å²) in [4.78, 5) is 25.4. The lowest BCUT2D eigenvalue weighted by molar-refractivity contribution is -0.0432. The van der Waals surface area contributed by atoms with Crippen molar-refractivity contribution in [2.24, 2.45) is 15.4 Å². The lowest BCUT2D eigenvalue weighted by Gasteiger charge is -2.54. The summed E-state index contributed by atoms with van der Waals surface area (Å²) in [5.74, 6) is -0.203. The van der Waals surface area contributed by atoms with Gasteiger partial charge in [-0.3, -0.25) is 14.9 Å². The van der Waals surface area contributed by atoms with Crippen molar-refractivity contribution in [3.8, 4) is 0 Å². The van der Waals surface area contributed by atoms with Gasteiger partial charge in [-0.05, 0) is 43.9 Å². The van der Waals surface area contributed by atoms with Crippen molar-refractivity contribution in [1.82, 2.24) is 5.16 Å². The van der Waals surface area contributed by atoms with Crippen molar-refractivity contribution in [2.45, 2.75) is 51.0 Å². The summed E-state index contributed by atoms with van der Waals surface area (Å²) in [7, 11) is 0. The summed E-state index contributed by atoms with van der Waals surface area (Å²) in [5, 5.41) is 4.65. The van der Waals surface area contributed by atoms with E-state index in [0.29, 0.717) is 37.1 Å². The van der Waals surface area contributed by atoms with Gasteiger partial charge < -0.3 is 18.9 Å². The van der Waals surface area contributed by atoms with Crippen molar-refractivity contribution < 1.29 is 23.2 Å². The third-order valence-electron chi connectivity index (χ3n) is 8.08. The van der Waals surface area contributed by atoms with Gasteiger partial charge in [-0.2, -0.15) is 0 Å². The fourth-order valence-corrected chi connectivity index (χ4v) is 6.71. The Balaban J connectivity index is 1.35. The van der Waals surface area contributed by atoms with Crippen LogP contribution in [0.3, 0.4) is 0 Å². The predicted octanol–water partition coefficient (Wildman–Crippen LogP) is 4.17. The fourth-order valence-electron chi connectivity index (χ4n) is 6.71. The Kier molecular flexibility index (Phi) is 5.30. The lowest BCUT2D eigenvalue weighted by Crippen LogP contribution is -2.65. The number of rotatable bonds is 3. The number of halogens is 1. The predicted molar refractivity (Wildman–Crippen MR) is 141 cm³/mol. The van der Waals surface area contributed by atoms with E-state index < -0.39 is 17.3 Å². The molecule has 3 aromatic rings. The first-order chi connectivity index (χ1) is 18.4. The van der Waals surface area contributed by atoms with Gasteiger partial charge in [0.05, 0.1) is 40.8 Å². The van der Waals surface area contributed by atoms with Crippen LogP contribution >= 0.6 is 0 Å². The highest BCUT2D eigenvalue weighted by Crippen LogP contribution is 2.48. The quantitative estimate of drug-likeness (QED) is 0.518. The van der Waals surface area contributed by atoms with Crippen LogP contribution in [0.1, 0.15) is 25.0 Å². The molecule has 0 unspecified atom stereocenters. The summed E-state index contributed by atoms with van der Waals surface area (Å²) >= 11 is 0. The second kappa shape index (κ2) is 8.62. The van der Waals surface area contributed by atoms with Crippen LogP contribution in [0.25, 0.3) is 11.0 Å². The topological polar surface area (TPSA) is 92.8 Å². The van der Waals surface area contributed by atoms with Gasteiger partial charge in [-0.25, -0.2) is 9.18 Å². The molecular formula is C28H28FN5O4. The number of hydrogen-bond acceptors (Lipinski definition) is 8. The van der Waals surface area contributed by atoms with Crippen molar-refractivity contribution >= 4 is 41.0 Å². The van der Waals surface area contributed by atoms with E-state index in [1.54, 1.807) is 0 Å². The molecule has 0 N–H and O–H groups in total. The summed E-state index contributed by atoms with van der Waals surface area (Å²) in [5.41, 5.74) is 1.85. The molecule has 2 fully saturated rings. The van der Waals surface area contributed by atoms with Gasteiger partial charge in [0.2, 0.25) is 5.58 Å². The minimum Gasteiger partial charge on any atom is -0.447 e. The molecule has 0 saturated carbocycles. The maximum absolute atomic E-state index is 16.4. The Bertz CT molecular complexity index is 1460. The summed E-state index contributed by atoms with van der Waals surface area (Å²) in [6.45, 7) is 5.13. The Morgan fingerprint density at radius 1 is 1.16 bits per heavy atom. The number of cyclic esters (lactones) is 1. The second-order valence-electron chi connectivity index (χ2n) is 10.7.